The third kappa shape index (κ3) is 5.05. The Morgan fingerprint density at radius 1 is 1.25 bits per heavy atom. The summed E-state index contributed by atoms with van der Waals surface area (Å²) in [6.07, 6.45) is 5.13. The lowest BCUT2D eigenvalue weighted by Gasteiger charge is -2.12. The first-order chi connectivity index (χ1) is 11.5. The summed E-state index contributed by atoms with van der Waals surface area (Å²) in [5.74, 6) is 0.183. The molecule has 1 aromatic heterocycles. The summed E-state index contributed by atoms with van der Waals surface area (Å²) < 4.78 is 5.20. The van der Waals surface area contributed by atoms with Crippen LogP contribution in [0.4, 0.5) is 5.00 Å². The van der Waals surface area contributed by atoms with Crippen molar-refractivity contribution < 1.29 is 14.3 Å². The predicted molar refractivity (Wildman–Crippen MR) is 97.9 cm³/mol. The normalized spacial score (nSPS) is 13.7. The second-order valence-electron chi connectivity index (χ2n) is 6.54. The fourth-order valence-corrected chi connectivity index (χ4v) is 4.13. The smallest absolute Gasteiger partial charge is 0.341 e. The molecule has 0 fully saturated rings. The van der Waals surface area contributed by atoms with Gasteiger partial charge in [0.15, 0.2) is 0 Å². The summed E-state index contributed by atoms with van der Waals surface area (Å²) in [7, 11) is 0. The summed E-state index contributed by atoms with van der Waals surface area (Å²) >= 11 is 1.53. The standard InChI is InChI=1S/C18H28N2O3S/c1-4-23-18(22)16-13-7-5-6-8-14(13)24-17(16)20-15(21)11-19-10-9-12(2)3/h12,19H,4-11H2,1-3H3,(H,20,21). The van der Waals surface area contributed by atoms with E-state index in [-0.39, 0.29) is 18.4 Å². The molecule has 5 nitrogen and oxygen atoms in total. The van der Waals surface area contributed by atoms with Gasteiger partial charge >= 0.3 is 5.97 Å². The number of hydrogen-bond acceptors (Lipinski definition) is 5. The van der Waals surface area contributed by atoms with Gasteiger partial charge in [-0.1, -0.05) is 13.8 Å². The Balaban J connectivity index is 2.04. The summed E-state index contributed by atoms with van der Waals surface area (Å²) in [6.45, 7) is 7.53. The molecule has 24 heavy (non-hydrogen) atoms. The average Bonchev–Trinajstić information content (AvgIpc) is 2.89. The van der Waals surface area contributed by atoms with Crippen LogP contribution in [-0.4, -0.2) is 31.6 Å². The number of ether oxygens (including phenoxy) is 1. The molecular formula is C18H28N2O3S. The van der Waals surface area contributed by atoms with E-state index in [2.05, 4.69) is 24.5 Å². The Bertz CT molecular complexity index is 581. The Morgan fingerprint density at radius 2 is 2.00 bits per heavy atom. The molecular weight excluding hydrogens is 324 g/mol. The van der Waals surface area contributed by atoms with Crippen molar-refractivity contribution in [3.63, 3.8) is 0 Å². The lowest BCUT2D eigenvalue weighted by Crippen LogP contribution is -2.29. The zero-order valence-corrected chi connectivity index (χ0v) is 15.7. The number of anilines is 1. The molecule has 0 bridgehead atoms. The first kappa shape index (κ1) is 18.9. The Kier molecular flexibility index (Phi) is 7.24. The molecule has 0 aliphatic heterocycles. The van der Waals surface area contributed by atoms with Gasteiger partial charge in [0.2, 0.25) is 5.91 Å². The second-order valence-corrected chi connectivity index (χ2v) is 7.65. The molecule has 1 aliphatic rings. The van der Waals surface area contributed by atoms with Gasteiger partial charge in [0.1, 0.15) is 5.00 Å². The maximum Gasteiger partial charge on any atom is 0.341 e. The minimum atomic E-state index is -0.319. The molecule has 2 rings (SSSR count). The van der Waals surface area contributed by atoms with Crippen LogP contribution in [0.25, 0.3) is 0 Å². The summed E-state index contributed by atoms with van der Waals surface area (Å²) in [4.78, 5) is 25.7. The minimum absolute atomic E-state index is 0.108. The van der Waals surface area contributed by atoms with Gasteiger partial charge in [-0.25, -0.2) is 4.79 Å². The van der Waals surface area contributed by atoms with Crippen molar-refractivity contribution in [2.45, 2.75) is 52.9 Å². The van der Waals surface area contributed by atoms with Crippen LogP contribution in [-0.2, 0) is 22.4 Å². The molecule has 0 aromatic carbocycles. The van der Waals surface area contributed by atoms with E-state index in [0.717, 1.165) is 44.2 Å². The number of esters is 1. The molecule has 6 heteroatoms. The fraction of sp³-hybridized carbons (Fsp3) is 0.667. The first-order valence-corrected chi connectivity index (χ1v) is 9.66. The highest BCUT2D eigenvalue weighted by Crippen LogP contribution is 2.38. The highest BCUT2D eigenvalue weighted by Gasteiger charge is 2.27. The number of fused-ring (bicyclic) bond motifs is 1. The molecule has 0 spiro atoms. The van der Waals surface area contributed by atoms with Crippen LogP contribution in [0.5, 0.6) is 0 Å². The lowest BCUT2D eigenvalue weighted by atomic mass is 9.95. The topological polar surface area (TPSA) is 67.4 Å². The van der Waals surface area contributed by atoms with Crippen molar-refractivity contribution in [2.75, 3.05) is 25.0 Å². The van der Waals surface area contributed by atoms with Gasteiger partial charge in [0.25, 0.3) is 0 Å². The van der Waals surface area contributed by atoms with Crippen molar-refractivity contribution in [1.82, 2.24) is 5.32 Å². The van der Waals surface area contributed by atoms with E-state index in [4.69, 9.17) is 4.74 Å². The summed E-state index contributed by atoms with van der Waals surface area (Å²) in [5, 5.41) is 6.71. The number of nitrogens with one attached hydrogen (secondary N) is 2. The molecule has 0 saturated heterocycles. The maximum atomic E-state index is 12.3. The van der Waals surface area contributed by atoms with Crippen LogP contribution in [0.15, 0.2) is 0 Å². The fourth-order valence-electron chi connectivity index (χ4n) is 2.84. The van der Waals surface area contributed by atoms with E-state index >= 15 is 0 Å². The van der Waals surface area contributed by atoms with Gasteiger partial charge < -0.3 is 15.4 Å². The van der Waals surface area contributed by atoms with E-state index in [1.807, 2.05) is 0 Å². The van der Waals surface area contributed by atoms with Gasteiger partial charge in [-0.05, 0) is 57.1 Å². The van der Waals surface area contributed by atoms with Crippen LogP contribution in [0.3, 0.4) is 0 Å². The predicted octanol–water partition coefficient (Wildman–Crippen LogP) is 3.38. The van der Waals surface area contributed by atoms with Gasteiger partial charge in [0.05, 0.1) is 18.7 Å². The number of rotatable bonds is 8. The SMILES string of the molecule is CCOC(=O)c1c(NC(=O)CNCCC(C)C)sc2c1CCCC2. The van der Waals surface area contributed by atoms with Crippen LogP contribution < -0.4 is 10.6 Å². The molecule has 1 aromatic rings. The van der Waals surface area contributed by atoms with Gasteiger partial charge in [0, 0.05) is 4.88 Å². The summed E-state index contributed by atoms with van der Waals surface area (Å²) in [5.41, 5.74) is 1.65. The Labute approximate surface area is 148 Å². The van der Waals surface area contributed by atoms with Crippen molar-refractivity contribution >= 4 is 28.2 Å². The minimum Gasteiger partial charge on any atom is -0.462 e. The largest absolute Gasteiger partial charge is 0.462 e. The summed E-state index contributed by atoms with van der Waals surface area (Å²) in [6, 6.07) is 0. The first-order valence-electron chi connectivity index (χ1n) is 8.85. The molecule has 1 amide bonds. The molecule has 134 valence electrons. The molecule has 1 heterocycles. The quantitative estimate of drug-likeness (QED) is 0.556. The molecule has 0 atom stereocenters. The van der Waals surface area contributed by atoms with E-state index in [9.17, 15) is 9.59 Å². The Hall–Kier alpha value is -1.40. The third-order valence-electron chi connectivity index (χ3n) is 4.09. The van der Waals surface area contributed by atoms with E-state index in [0.29, 0.717) is 23.1 Å². The third-order valence-corrected chi connectivity index (χ3v) is 5.30. The van der Waals surface area contributed by atoms with E-state index in [1.54, 1.807) is 6.92 Å². The van der Waals surface area contributed by atoms with E-state index in [1.165, 1.54) is 16.2 Å². The number of aryl methyl sites for hydroxylation is 1. The monoisotopic (exact) mass is 352 g/mol. The van der Waals surface area contributed by atoms with Crippen molar-refractivity contribution in [3.8, 4) is 0 Å². The van der Waals surface area contributed by atoms with Gasteiger partial charge in [-0.2, -0.15) is 0 Å². The number of hydrogen-bond donors (Lipinski definition) is 2. The number of carbonyl (C=O) groups excluding carboxylic acids is 2. The van der Waals surface area contributed by atoms with Gasteiger partial charge in [-0.3, -0.25) is 4.79 Å². The second kappa shape index (κ2) is 9.18. The van der Waals surface area contributed by atoms with Crippen molar-refractivity contribution in [1.29, 1.82) is 0 Å². The molecule has 1 aliphatic carbocycles. The molecule has 0 saturated carbocycles. The maximum absolute atomic E-state index is 12.3. The van der Waals surface area contributed by atoms with Crippen LogP contribution in [0.2, 0.25) is 0 Å². The van der Waals surface area contributed by atoms with Crippen molar-refractivity contribution in [3.05, 3.63) is 16.0 Å². The van der Waals surface area contributed by atoms with Crippen LogP contribution in [0.1, 0.15) is 60.8 Å². The van der Waals surface area contributed by atoms with Crippen molar-refractivity contribution in [2.24, 2.45) is 5.92 Å². The molecule has 0 radical (unpaired) electrons. The van der Waals surface area contributed by atoms with Crippen LogP contribution in [0, 0.1) is 5.92 Å². The highest BCUT2D eigenvalue weighted by molar-refractivity contribution is 7.17. The van der Waals surface area contributed by atoms with Crippen LogP contribution >= 0.6 is 11.3 Å². The number of thiophene rings is 1. The molecule has 2 N–H and O–H groups in total. The highest BCUT2D eigenvalue weighted by atomic mass is 32.1. The average molecular weight is 353 g/mol. The number of amides is 1. The zero-order valence-electron chi connectivity index (χ0n) is 14.9. The Morgan fingerprint density at radius 3 is 2.71 bits per heavy atom. The molecule has 0 unspecified atom stereocenters. The lowest BCUT2D eigenvalue weighted by molar-refractivity contribution is -0.115. The van der Waals surface area contributed by atoms with Gasteiger partial charge in [-0.15, -0.1) is 11.3 Å². The number of carbonyl (C=O) groups is 2. The zero-order chi connectivity index (χ0) is 17.5. The van der Waals surface area contributed by atoms with E-state index < -0.39 is 0 Å².